The standard InChI is InChI=1S/C13H21N3O5/c1-2-21-13(20)16-7-8-11(15-12(19)14-8)9(16)5-3-4-6-10(17)18/h8-9,11H,2-7H2,1H3,(H,17,18)(H2,14,15,19). The monoisotopic (exact) mass is 299 g/mol. The van der Waals surface area contributed by atoms with Crippen molar-refractivity contribution >= 4 is 18.1 Å². The van der Waals surface area contributed by atoms with Gasteiger partial charge in [0.15, 0.2) is 0 Å². The van der Waals surface area contributed by atoms with Crippen LogP contribution >= 0.6 is 0 Å². The van der Waals surface area contributed by atoms with Crippen LogP contribution in [0.5, 0.6) is 0 Å². The highest BCUT2D eigenvalue weighted by Gasteiger charge is 2.48. The maximum atomic E-state index is 12.0. The second-order valence-electron chi connectivity index (χ2n) is 5.31. The SMILES string of the molecule is CCOC(=O)N1CC2NC(=O)NC2C1CCCCC(=O)O. The molecule has 2 saturated heterocycles. The second kappa shape index (κ2) is 6.64. The molecule has 0 aromatic rings. The number of ether oxygens (including phenoxy) is 1. The minimum absolute atomic E-state index is 0.105. The van der Waals surface area contributed by atoms with Gasteiger partial charge in [-0.05, 0) is 19.8 Å². The number of nitrogens with one attached hydrogen (secondary N) is 2. The van der Waals surface area contributed by atoms with Gasteiger partial charge in [0, 0.05) is 13.0 Å². The first-order valence-electron chi connectivity index (χ1n) is 7.25. The Balaban J connectivity index is 1.95. The molecule has 118 valence electrons. The molecule has 0 aromatic heterocycles. The maximum Gasteiger partial charge on any atom is 0.410 e. The van der Waals surface area contributed by atoms with Gasteiger partial charge in [0.25, 0.3) is 0 Å². The first-order chi connectivity index (χ1) is 10.0. The quantitative estimate of drug-likeness (QED) is 0.620. The van der Waals surface area contributed by atoms with E-state index < -0.39 is 5.97 Å². The number of amides is 3. The first-order valence-corrected chi connectivity index (χ1v) is 7.25. The number of likely N-dealkylation sites (tertiary alicyclic amines) is 1. The molecule has 8 heteroatoms. The lowest BCUT2D eigenvalue weighted by molar-refractivity contribution is -0.137. The Morgan fingerprint density at radius 3 is 2.81 bits per heavy atom. The van der Waals surface area contributed by atoms with Gasteiger partial charge >= 0.3 is 18.1 Å². The van der Waals surface area contributed by atoms with E-state index in [0.717, 1.165) is 0 Å². The van der Waals surface area contributed by atoms with Crippen LogP contribution in [0.4, 0.5) is 9.59 Å². The minimum atomic E-state index is -0.822. The number of carboxylic acids is 1. The lowest BCUT2D eigenvalue weighted by atomic mass is 10.0. The number of hydrogen-bond acceptors (Lipinski definition) is 4. The van der Waals surface area contributed by atoms with Crippen LogP contribution in [0, 0.1) is 0 Å². The van der Waals surface area contributed by atoms with Gasteiger partial charge in [-0.25, -0.2) is 9.59 Å². The molecule has 3 N–H and O–H groups in total. The zero-order valence-corrected chi connectivity index (χ0v) is 12.0. The number of carbonyl (C=O) groups is 3. The van der Waals surface area contributed by atoms with Gasteiger partial charge in [-0.3, -0.25) is 4.79 Å². The number of fused-ring (bicyclic) bond motifs is 1. The molecule has 3 unspecified atom stereocenters. The summed E-state index contributed by atoms with van der Waals surface area (Å²) in [5.41, 5.74) is 0. The number of nitrogens with zero attached hydrogens (tertiary/aromatic N) is 1. The van der Waals surface area contributed by atoms with Crippen LogP contribution in [0.2, 0.25) is 0 Å². The van der Waals surface area contributed by atoms with Crippen molar-refractivity contribution in [3.05, 3.63) is 0 Å². The lowest BCUT2D eigenvalue weighted by Gasteiger charge is -2.26. The fraction of sp³-hybridized carbons (Fsp3) is 0.769. The number of urea groups is 1. The Labute approximate surface area is 122 Å². The van der Waals surface area contributed by atoms with Crippen molar-refractivity contribution in [2.75, 3.05) is 13.2 Å². The Bertz CT molecular complexity index is 428. The molecule has 8 nitrogen and oxygen atoms in total. The van der Waals surface area contributed by atoms with E-state index in [4.69, 9.17) is 9.84 Å². The Hall–Kier alpha value is -1.99. The smallest absolute Gasteiger partial charge is 0.410 e. The molecule has 0 spiro atoms. The fourth-order valence-electron chi connectivity index (χ4n) is 3.00. The lowest BCUT2D eigenvalue weighted by Crippen LogP contribution is -2.45. The van der Waals surface area contributed by atoms with E-state index in [1.807, 2.05) is 0 Å². The first kappa shape index (κ1) is 15.4. The number of rotatable bonds is 6. The van der Waals surface area contributed by atoms with Gasteiger partial charge in [0.05, 0.1) is 24.7 Å². The molecular weight excluding hydrogens is 278 g/mol. The summed E-state index contributed by atoms with van der Waals surface area (Å²) in [6.45, 7) is 2.47. The molecule has 2 aliphatic heterocycles. The highest BCUT2D eigenvalue weighted by molar-refractivity contribution is 5.79. The summed E-state index contributed by atoms with van der Waals surface area (Å²) in [4.78, 5) is 35.5. The third-order valence-electron chi connectivity index (χ3n) is 3.90. The predicted molar refractivity (Wildman–Crippen MR) is 72.9 cm³/mol. The molecule has 2 aliphatic rings. The summed E-state index contributed by atoms with van der Waals surface area (Å²) in [7, 11) is 0. The van der Waals surface area contributed by atoms with E-state index in [-0.39, 0.29) is 36.7 Å². The van der Waals surface area contributed by atoms with Crippen LogP contribution in [-0.4, -0.2) is 59.4 Å². The van der Waals surface area contributed by atoms with Crippen molar-refractivity contribution in [2.24, 2.45) is 0 Å². The van der Waals surface area contributed by atoms with Crippen molar-refractivity contribution in [1.82, 2.24) is 15.5 Å². The van der Waals surface area contributed by atoms with Crippen LogP contribution in [0.3, 0.4) is 0 Å². The van der Waals surface area contributed by atoms with Crippen LogP contribution < -0.4 is 10.6 Å². The number of hydrogen-bond donors (Lipinski definition) is 3. The Kier molecular flexibility index (Phi) is 4.87. The molecule has 2 rings (SSSR count). The molecular formula is C13H21N3O5. The summed E-state index contributed by atoms with van der Waals surface area (Å²) < 4.78 is 5.05. The van der Waals surface area contributed by atoms with Crippen LogP contribution in [0.1, 0.15) is 32.6 Å². The molecule has 21 heavy (non-hydrogen) atoms. The molecule has 2 fully saturated rings. The zero-order chi connectivity index (χ0) is 15.4. The number of carbonyl (C=O) groups excluding carboxylic acids is 2. The van der Waals surface area contributed by atoms with Crippen molar-refractivity contribution in [3.8, 4) is 0 Å². The predicted octanol–water partition coefficient (Wildman–Crippen LogP) is 0.522. The van der Waals surface area contributed by atoms with Crippen LogP contribution in [0.15, 0.2) is 0 Å². The highest BCUT2D eigenvalue weighted by atomic mass is 16.6. The van der Waals surface area contributed by atoms with Crippen molar-refractivity contribution in [2.45, 2.75) is 50.7 Å². The van der Waals surface area contributed by atoms with E-state index in [1.54, 1.807) is 11.8 Å². The van der Waals surface area contributed by atoms with Crippen molar-refractivity contribution < 1.29 is 24.2 Å². The Morgan fingerprint density at radius 2 is 2.14 bits per heavy atom. The van der Waals surface area contributed by atoms with E-state index in [2.05, 4.69) is 10.6 Å². The highest BCUT2D eigenvalue weighted by Crippen LogP contribution is 2.26. The minimum Gasteiger partial charge on any atom is -0.481 e. The summed E-state index contributed by atoms with van der Waals surface area (Å²) in [5, 5.41) is 14.3. The number of aliphatic carboxylic acids is 1. The largest absolute Gasteiger partial charge is 0.481 e. The molecule has 0 aromatic carbocycles. The average molecular weight is 299 g/mol. The molecule has 0 radical (unpaired) electrons. The van der Waals surface area contributed by atoms with Crippen LogP contribution in [0.25, 0.3) is 0 Å². The summed E-state index contributed by atoms with van der Waals surface area (Å²) in [6, 6.07) is -0.607. The molecule has 2 heterocycles. The average Bonchev–Trinajstić information content (AvgIpc) is 2.91. The molecule has 3 amide bonds. The Morgan fingerprint density at radius 1 is 1.38 bits per heavy atom. The fourth-order valence-corrected chi connectivity index (χ4v) is 3.00. The topological polar surface area (TPSA) is 108 Å². The summed E-state index contributed by atoms with van der Waals surface area (Å²) in [5.74, 6) is -0.822. The van der Waals surface area contributed by atoms with Crippen molar-refractivity contribution in [1.29, 1.82) is 0 Å². The maximum absolute atomic E-state index is 12.0. The van der Waals surface area contributed by atoms with Crippen molar-refractivity contribution in [3.63, 3.8) is 0 Å². The van der Waals surface area contributed by atoms with E-state index >= 15 is 0 Å². The number of unbranched alkanes of at least 4 members (excludes halogenated alkanes) is 1. The third kappa shape index (κ3) is 3.56. The molecule has 0 bridgehead atoms. The molecule has 0 aliphatic carbocycles. The van der Waals surface area contributed by atoms with E-state index in [0.29, 0.717) is 32.4 Å². The zero-order valence-electron chi connectivity index (χ0n) is 12.0. The molecule has 0 saturated carbocycles. The molecule has 3 atom stereocenters. The third-order valence-corrected chi connectivity index (χ3v) is 3.90. The van der Waals surface area contributed by atoms with Gasteiger partial charge in [0.2, 0.25) is 0 Å². The summed E-state index contributed by atoms with van der Waals surface area (Å²) >= 11 is 0. The second-order valence-corrected chi connectivity index (χ2v) is 5.31. The number of carboxylic acid groups (broad SMARTS) is 1. The van der Waals surface area contributed by atoms with Crippen LogP contribution in [-0.2, 0) is 9.53 Å². The summed E-state index contributed by atoms with van der Waals surface area (Å²) in [6.07, 6.45) is 1.62. The van der Waals surface area contributed by atoms with Gasteiger partial charge in [-0.2, -0.15) is 0 Å². The van der Waals surface area contributed by atoms with Gasteiger partial charge in [-0.1, -0.05) is 6.42 Å². The van der Waals surface area contributed by atoms with Gasteiger partial charge in [-0.15, -0.1) is 0 Å². The van der Waals surface area contributed by atoms with Gasteiger partial charge < -0.3 is 25.4 Å². The van der Waals surface area contributed by atoms with E-state index in [1.165, 1.54) is 0 Å². The van der Waals surface area contributed by atoms with Gasteiger partial charge in [0.1, 0.15) is 0 Å². The normalized spacial score (nSPS) is 27.0. The van der Waals surface area contributed by atoms with E-state index in [9.17, 15) is 14.4 Å².